The fourth-order valence-corrected chi connectivity index (χ4v) is 12.5. The zero-order chi connectivity index (χ0) is 50.9. The van der Waals surface area contributed by atoms with Crippen molar-refractivity contribution in [3.05, 3.63) is 242 Å². The van der Waals surface area contributed by atoms with Gasteiger partial charge in [-0.2, -0.15) is 0 Å². The molecule has 7 aliphatic heterocycles. The van der Waals surface area contributed by atoms with E-state index in [2.05, 4.69) is 203 Å². The number of nitrogens with one attached hydrogen (secondary N) is 6. The van der Waals surface area contributed by atoms with Crippen LogP contribution in [0.3, 0.4) is 0 Å². The molecule has 76 heavy (non-hydrogen) atoms. The second-order valence-corrected chi connectivity index (χ2v) is 21.7. The van der Waals surface area contributed by atoms with Gasteiger partial charge in [0.1, 0.15) is 6.21 Å². The van der Waals surface area contributed by atoms with E-state index in [-0.39, 0.29) is 0 Å². The average molecular weight is 1010 g/mol. The van der Waals surface area contributed by atoms with Gasteiger partial charge in [0.25, 0.3) is 0 Å². The summed E-state index contributed by atoms with van der Waals surface area (Å²) in [5, 5.41) is 20.8. The van der Waals surface area contributed by atoms with E-state index in [1.807, 2.05) is 0 Å². The van der Waals surface area contributed by atoms with Crippen LogP contribution in [0.5, 0.6) is 0 Å². The van der Waals surface area contributed by atoms with Gasteiger partial charge in [-0.3, -0.25) is 0 Å². The van der Waals surface area contributed by atoms with Crippen molar-refractivity contribution >= 4 is 11.9 Å². The highest BCUT2D eigenvalue weighted by molar-refractivity contribution is 5.62. The van der Waals surface area contributed by atoms with Gasteiger partial charge >= 0.3 is 0 Å². The fraction of sp³-hybridized carbons (Fsp3) is 0.348. The van der Waals surface area contributed by atoms with Crippen LogP contribution in [-0.4, -0.2) is 57.2 Å². The van der Waals surface area contributed by atoms with Crippen LogP contribution in [0.15, 0.2) is 225 Å². The Morgan fingerprint density at radius 2 is 0.947 bits per heavy atom. The number of rotatable bonds is 0. The Hall–Kier alpha value is -7.59. The van der Waals surface area contributed by atoms with Gasteiger partial charge in [-0.15, -0.1) is 0 Å². The first-order valence-electron chi connectivity index (χ1n) is 28.5. The predicted octanol–water partition coefficient (Wildman–Crippen LogP) is 11.4. The first-order valence-corrected chi connectivity index (χ1v) is 28.5. The van der Waals surface area contributed by atoms with Crippen molar-refractivity contribution in [1.29, 1.82) is 0 Å². The van der Waals surface area contributed by atoms with Crippen LogP contribution in [0, 0.1) is 0 Å². The van der Waals surface area contributed by atoms with Gasteiger partial charge in [-0.1, -0.05) is 54.2 Å². The summed E-state index contributed by atoms with van der Waals surface area (Å²) in [4.78, 5) is 0. The van der Waals surface area contributed by atoms with Gasteiger partial charge in [-0.05, 0) is 177 Å². The third kappa shape index (κ3) is 11.5. The topological polar surface area (TPSA) is 90.0 Å². The zero-order valence-corrected chi connectivity index (χ0v) is 44.5. The minimum absolute atomic E-state index is 0.955. The van der Waals surface area contributed by atoms with Crippen LogP contribution in [0.1, 0.15) is 101 Å². The van der Waals surface area contributed by atoms with Gasteiger partial charge in [0.2, 0.25) is 0 Å². The molecule has 0 saturated heterocycles. The predicted molar refractivity (Wildman–Crippen MR) is 311 cm³/mol. The number of fused-ring (bicyclic) bond motifs is 5. The summed E-state index contributed by atoms with van der Waals surface area (Å²) in [6.07, 6.45) is 58.9. The maximum absolute atomic E-state index is 3.54. The normalized spacial score (nSPS) is 21.8. The molecule has 0 amide bonds. The molecule has 14 aliphatic rings. The first kappa shape index (κ1) is 49.3. The molecule has 0 fully saturated rings. The molecular weight excluding hydrogens is 933 g/mol. The monoisotopic (exact) mass is 1010 g/mol. The quantitative estimate of drug-likeness (QED) is 0.0994. The van der Waals surface area contributed by atoms with E-state index in [0.29, 0.717) is 0 Å². The first-order chi connectivity index (χ1) is 37.6. The highest BCUT2D eigenvalue weighted by atomic mass is 15.1. The SMILES string of the molecule is C1=CC2=C(C1)CCCCN2.C1=CC2=C(C1)C[N+]1=CCC=C1CN2.C1=CC2=C(C1)Cn1cccc1CN2.C1=CC2=C(C1)Cn1cccc1CN2.C1=CC2=C(C1)n1cccc1CCN2.C1=CCC2=C(C1)CNC1=C(CC=C1)C2. The van der Waals surface area contributed by atoms with Crippen molar-refractivity contribution < 1.29 is 4.58 Å². The van der Waals surface area contributed by atoms with Crippen molar-refractivity contribution in [3.8, 4) is 0 Å². The van der Waals surface area contributed by atoms with Crippen molar-refractivity contribution in [1.82, 2.24) is 45.6 Å². The molecule has 0 unspecified atom stereocenters. The molecule has 0 radical (unpaired) electrons. The lowest BCUT2D eigenvalue weighted by Gasteiger charge is -2.14. The van der Waals surface area contributed by atoms with Crippen LogP contribution < -0.4 is 31.9 Å². The molecule has 390 valence electrons. The molecule has 0 atom stereocenters. The van der Waals surface area contributed by atoms with E-state index in [1.54, 1.807) is 22.3 Å². The van der Waals surface area contributed by atoms with Crippen molar-refractivity contribution in [2.75, 3.05) is 32.7 Å². The van der Waals surface area contributed by atoms with E-state index < -0.39 is 0 Å². The maximum Gasteiger partial charge on any atom is 0.197 e. The Balaban J connectivity index is 0.0000000922. The van der Waals surface area contributed by atoms with Gasteiger partial charge < -0.3 is 45.6 Å². The second kappa shape index (κ2) is 23.5. The molecule has 0 spiro atoms. The van der Waals surface area contributed by atoms with Crippen LogP contribution in [0.2, 0.25) is 0 Å². The molecular formula is C66H77N10+. The van der Waals surface area contributed by atoms with E-state index in [4.69, 9.17) is 0 Å². The van der Waals surface area contributed by atoms with Crippen molar-refractivity contribution in [2.24, 2.45) is 0 Å². The molecule has 3 aromatic heterocycles. The maximum atomic E-state index is 3.54. The van der Waals surface area contributed by atoms with Crippen LogP contribution in [0.4, 0.5) is 0 Å². The molecule has 0 aromatic carbocycles. The van der Waals surface area contributed by atoms with Gasteiger partial charge in [0.15, 0.2) is 12.2 Å². The summed E-state index contributed by atoms with van der Waals surface area (Å²) in [5.74, 6) is 0. The number of aromatic nitrogens is 3. The molecule has 7 aliphatic carbocycles. The van der Waals surface area contributed by atoms with E-state index in [1.165, 1.54) is 124 Å². The lowest BCUT2D eigenvalue weighted by Crippen LogP contribution is -2.17. The molecule has 0 saturated carbocycles. The number of hydrogen-bond donors (Lipinski definition) is 6. The highest BCUT2D eigenvalue weighted by Gasteiger charge is 2.26. The Morgan fingerprint density at radius 3 is 1.68 bits per heavy atom. The summed E-state index contributed by atoms with van der Waals surface area (Å²) in [7, 11) is 0. The third-order valence-electron chi connectivity index (χ3n) is 16.8. The highest BCUT2D eigenvalue weighted by Crippen LogP contribution is 2.33. The standard InChI is InChI=1S/C13H15N.C11H12N2.C11H13N2.2C11H12N2.C9H13N/c1-2-5-12-9-14-13-7-3-6-11(13)8-10(12)4-1;1-4-10-11(5-1)13-8-2-3-9(13)6-7-12-10;3*1-3-9-8-13-6-2-4-10(13)7-12-11(9)5-1;1-2-7-10-9-6-3-5-8(9)4-1/h1-3,7,14H,4-6,8-9H2;1-4,8,12H,5-7H2;1,4-6,12H,2-3,7-8H2;2*1-2,4-6,12H,3,7-8H2;3,6,10H,1-2,4-5,7H2/q;;+1;;;. The number of nitrogens with zero attached hydrogens (tertiary/aromatic N) is 4. The number of allylic oxidation sites excluding steroid dienone is 21. The summed E-state index contributed by atoms with van der Waals surface area (Å²) >= 11 is 0. The molecule has 10 heteroatoms. The van der Waals surface area contributed by atoms with Crippen LogP contribution in [0.25, 0.3) is 5.70 Å². The lowest BCUT2D eigenvalue weighted by atomic mass is 9.92. The summed E-state index contributed by atoms with van der Waals surface area (Å²) in [6.45, 7) is 9.36. The van der Waals surface area contributed by atoms with Gasteiger partial charge in [-0.25, -0.2) is 4.58 Å². The Kier molecular flexibility index (Phi) is 15.3. The Labute approximate surface area is 451 Å². The number of hydrogen-bond acceptors (Lipinski definition) is 6. The van der Waals surface area contributed by atoms with Crippen molar-refractivity contribution in [3.63, 3.8) is 0 Å². The molecule has 6 N–H and O–H groups in total. The molecule has 0 bridgehead atoms. The molecule has 10 nitrogen and oxygen atoms in total. The van der Waals surface area contributed by atoms with Crippen LogP contribution >= 0.6 is 0 Å². The molecule has 10 heterocycles. The van der Waals surface area contributed by atoms with E-state index >= 15 is 0 Å². The smallest absolute Gasteiger partial charge is 0.197 e. The fourth-order valence-electron chi connectivity index (χ4n) is 12.5. The third-order valence-corrected chi connectivity index (χ3v) is 16.8. The van der Waals surface area contributed by atoms with E-state index in [9.17, 15) is 0 Å². The van der Waals surface area contributed by atoms with E-state index in [0.717, 1.165) is 104 Å². The lowest BCUT2D eigenvalue weighted by molar-refractivity contribution is -0.460. The molecule has 17 rings (SSSR count). The largest absolute Gasteiger partial charge is 0.385 e. The minimum Gasteiger partial charge on any atom is -0.385 e. The van der Waals surface area contributed by atoms with Crippen molar-refractivity contribution in [2.45, 2.75) is 116 Å². The van der Waals surface area contributed by atoms with Crippen LogP contribution in [-0.2, 0) is 32.6 Å². The Bertz CT molecular complexity index is 3150. The van der Waals surface area contributed by atoms with Gasteiger partial charge in [0, 0.05) is 127 Å². The summed E-state index contributed by atoms with van der Waals surface area (Å²) in [5.41, 5.74) is 26.2. The summed E-state index contributed by atoms with van der Waals surface area (Å²) in [6, 6.07) is 12.9. The Morgan fingerprint density at radius 1 is 0.408 bits per heavy atom. The second-order valence-electron chi connectivity index (χ2n) is 21.7. The average Bonchev–Trinajstić information content (AvgIpc) is 4.31. The minimum atomic E-state index is 0.955. The summed E-state index contributed by atoms with van der Waals surface area (Å²) < 4.78 is 9.34. The zero-order valence-electron chi connectivity index (χ0n) is 44.5. The van der Waals surface area contributed by atoms with Gasteiger partial charge in [0.05, 0.1) is 25.3 Å². The molecule has 3 aromatic rings.